The third kappa shape index (κ3) is 3.77. The fourth-order valence-electron chi connectivity index (χ4n) is 2.60. The van der Waals surface area contributed by atoms with Crippen LogP contribution in [0.1, 0.15) is 15.9 Å². The Morgan fingerprint density at radius 1 is 1.24 bits per heavy atom. The SMILES string of the molecule is Cc1ccc2c(c1)N(CC(=O)Nc1cccc(C(=O)O)c1)CC(=O)O2. The average molecular weight is 340 g/mol. The topological polar surface area (TPSA) is 95.9 Å². The molecule has 0 unspecified atom stereocenters. The van der Waals surface area contributed by atoms with E-state index in [1.807, 2.05) is 19.1 Å². The maximum Gasteiger partial charge on any atom is 0.335 e. The molecule has 1 aliphatic rings. The lowest BCUT2D eigenvalue weighted by atomic mass is 10.1. The standard InChI is InChI=1S/C18H16N2O5/c1-11-5-6-15-14(7-11)20(10-17(22)25-15)9-16(21)19-13-4-2-3-12(8-13)18(23)24/h2-8H,9-10H2,1H3,(H,19,21)(H,23,24). The van der Waals surface area contributed by atoms with Gasteiger partial charge >= 0.3 is 11.9 Å². The molecule has 2 N–H and O–H groups in total. The molecule has 128 valence electrons. The average Bonchev–Trinajstić information content (AvgIpc) is 2.55. The maximum atomic E-state index is 12.3. The second-order valence-electron chi connectivity index (χ2n) is 5.74. The van der Waals surface area contributed by atoms with Crippen molar-refractivity contribution >= 4 is 29.2 Å². The molecular weight excluding hydrogens is 324 g/mol. The molecule has 7 nitrogen and oxygen atoms in total. The summed E-state index contributed by atoms with van der Waals surface area (Å²) in [4.78, 5) is 36.6. The van der Waals surface area contributed by atoms with Gasteiger partial charge < -0.3 is 20.1 Å². The summed E-state index contributed by atoms with van der Waals surface area (Å²) in [6.45, 7) is 1.83. The van der Waals surface area contributed by atoms with Crippen LogP contribution in [0.4, 0.5) is 11.4 Å². The zero-order valence-corrected chi connectivity index (χ0v) is 13.5. The number of rotatable bonds is 4. The number of anilines is 2. The molecule has 0 bridgehead atoms. The lowest BCUT2D eigenvalue weighted by Crippen LogP contribution is -2.41. The summed E-state index contributed by atoms with van der Waals surface area (Å²) in [7, 11) is 0. The van der Waals surface area contributed by atoms with Crippen LogP contribution in [-0.4, -0.2) is 36.0 Å². The first-order valence-electron chi connectivity index (χ1n) is 7.62. The lowest BCUT2D eigenvalue weighted by molar-refractivity contribution is -0.133. The molecule has 0 saturated carbocycles. The van der Waals surface area contributed by atoms with Gasteiger partial charge in [-0.15, -0.1) is 0 Å². The predicted molar refractivity (Wildman–Crippen MR) is 91.1 cm³/mol. The van der Waals surface area contributed by atoms with Crippen LogP contribution < -0.4 is 15.0 Å². The molecule has 0 fully saturated rings. The third-order valence-electron chi connectivity index (χ3n) is 3.73. The summed E-state index contributed by atoms with van der Waals surface area (Å²) in [5, 5.41) is 11.6. The number of aryl methyl sites for hydroxylation is 1. The molecule has 0 saturated heterocycles. The van der Waals surface area contributed by atoms with Crippen LogP contribution in [0.25, 0.3) is 0 Å². The highest BCUT2D eigenvalue weighted by atomic mass is 16.5. The number of nitrogens with zero attached hydrogens (tertiary/aromatic N) is 1. The Kier molecular flexibility index (Phi) is 4.38. The van der Waals surface area contributed by atoms with E-state index in [0.717, 1.165) is 5.56 Å². The molecule has 2 aromatic rings. The Labute approximate surface area is 143 Å². The molecule has 0 aliphatic carbocycles. The van der Waals surface area contributed by atoms with Crippen molar-refractivity contribution in [2.75, 3.05) is 23.3 Å². The number of fused-ring (bicyclic) bond motifs is 1. The monoisotopic (exact) mass is 340 g/mol. The number of aromatic carboxylic acids is 1. The molecule has 0 aromatic heterocycles. The van der Waals surface area contributed by atoms with E-state index in [0.29, 0.717) is 17.1 Å². The van der Waals surface area contributed by atoms with Crippen LogP contribution in [0.3, 0.4) is 0 Å². The van der Waals surface area contributed by atoms with Crippen molar-refractivity contribution in [2.45, 2.75) is 6.92 Å². The number of amides is 1. The van der Waals surface area contributed by atoms with E-state index >= 15 is 0 Å². The van der Waals surface area contributed by atoms with Gasteiger partial charge in [0.2, 0.25) is 5.91 Å². The highest BCUT2D eigenvalue weighted by Crippen LogP contribution is 2.32. The number of benzene rings is 2. The van der Waals surface area contributed by atoms with E-state index in [-0.39, 0.29) is 24.6 Å². The van der Waals surface area contributed by atoms with Gasteiger partial charge in [-0.25, -0.2) is 9.59 Å². The van der Waals surface area contributed by atoms with Gasteiger partial charge in [0.1, 0.15) is 6.54 Å². The molecule has 1 heterocycles. The first kappa shape index (κ1) is 16.5. The van der Waals surface area contributed by atoms with Crippen LogP contribution in [0.2, 0.25) is 0 Å². The van der Waals surface area contributed by atoms with E-state index in [4.69, 9.17) is 9.84 Å². The van der Waals surface area contributed by atoms with Gasteiger partial charge in [-0.05, 0) is 42.8 Å². The number of carbonyl (C=O) groups is 3. The minimum Gasteiger partial charge on any atom is -0.478 e. The van der Waals surface area contributed by atoms with Gasteiger partial charge in [0.05, 0.1) is 17.8 Å². The zero-order chi connectivity index (χ0) is 18.0. The number of esters is 1. The number of carboxylic acids is 1. The van der Waals surface area contributed by atoms with Gasteiger partial charge in [-0.3, -0.25) is 4.79 Å². The Morgan fingerprint density at radius 3 is 2.80 bits per heavy atom. The number of nitrogens with one attached hydrogen (secondary N) is 1. The molecular formula is C18H16N2O5. The smallest absolute Gasteiger partial charge is 0.335 e. The van der Waals surface area contributed by atoms with Crippen LogP contribution in [-0.2, 0) is 9.59 Å². The molecule has 0 radical (unpaired) electrons. The predicted octanol–water partition coefficient (Wildman–Crippen LogP) is 2.06. The summed E-state index contributed by atoms with van der Waals surface area (Å²) in [6, 6.07) is 11.3. The molecule has 0 atom stereocenters. The van der Waals surface area contributed by atoms with Crippen LogP contribution in [0.15, 0.2) is 42.5 Å². The highest BCUT2D eigenvalue weighted by molar-refractivity contribution is 5.97. The molecule has 1 aliphatic heterocycles. The van der Waals surface area contributed by atoms with Gasteiger partial charge in [0, 0.05) is 5.69 Å². The van der Waals surface area contributed by atoms with E-state index in [2.05, 4.69) is 5.32 Å². The van der Waals surface area contributed by atoms with E-state index in [1.165, 1.54) is 12.1 Å². The Bertz CT molecular complexity index is 862. The van der Waals surface area contributed by atoms with Crippen molar-refractivity contribution < 1.29 is 24.2 Å². The zero-order valence-electron chi connectivity index (χ0n) is 13.5. The van der Waals surface area contributed by atoms with E-state index in [1.54, 1.807) is 23.1 Å². The first-order valence-corrected chi connectivity index (χ1v) is 7.62. The molecule has 3 rings (SSSR count). The Hall–Kier alpha value is -3.35. The second kappa shape index (κ2) is 6.64. The molecule has 7 heteroatoms. The molecule has 0 spiro atoms. The lowest BCUT2D eigenvalue weighted by Gasteiger charge is -2.29. The highest BCUT2D eigenvalue weighted by Gasteiger charge is 2.25. The fourth-order valence-corrected chi connectivity index (χ4v) is 2.60. The van der Waals surface area contributed by atoms with Crippen LogP contribution in [0.5, 0.6) is 5.75 Å². The number of hydrogen-bond donors (Lipinski definition) is 2. The minimum absolute atomic E-state index is 0.0287. The van der Waals surface area contributed by atoms with Crippen molar-refractivity contribution in [3.63, 3.8) is 0 Å². The minimum atomic E-state index is -1.07. The number of carbonyl (C=O) groups excluding carboxylic acids is 2. The van der Waals surface area contributed by atoms with Gasteiger partial charge in [-0.2, -0.15) is 0 Å². The molecule has 1 amide bonds. The summed E-state index contributed by atoms with van der Waals surface area (Å²) in [5.74, 6) is -1.44. The summed E-state index contributed by atoms with van der Waals surface area (Å²) in [6.07, 6.45) is 0. The van der Waals surface area contributed by atoms with Crippen molar-refractivity contribution in [3.05, 3.63) is 53.6 Å². The fraction of sp³-hybridized carbons (Fsp3) is 0.167. The van der Waals surface area contributed by atoms with E-state index < -0.39 is 11.9 Å². The van der Waals surface area contributed by atoms with Gasteiger partial charge in [0.25, 0.3) is 0 Å². The molecule has 25 heavy (non-hydrogen) atoms. The van der Waals surface area contributed by atoms with Crippen molar-refractivity contribution in [3.8, 4) is 5.75 Å². The largest absolute Gasteiger partial charge is 0.478 e. The number of ether oxygens (including phenoxy) is 1. The quantitative estimate of drug-likeness (QED) is 0.653. The van der Waals surface area contributed by atoms with Crippen molar-refractivity contribution in [1.82, 2.24) is 0 Å². The molecule has 2 aromatic carbocycles. The maximum absolute atomic E-state index is 12.3. The Balaban J connectivity index is 1.75. The normalized spacial score (nSPS) is 13.0. The van der Waals surface area contributed by atoms with Gasteiger partial charge in [-0.1, -0.05) is 12.1 Å². The number of hydrogen-bond acceptors (Lipinski definition) is 5. The second-order valence-corrected chi connectivity index (χ2v) is 5.74. The third-order valence-corrected chi connectivity index (χ3v) is 3.73. The summed E-state index contributed by atoms with van der Waals surface area (Å²) < 4.78 is 5.18. The number of carboxylic acid groups (broad SMARTS) is 1. The first-order chi connectivity index (χ1) is 11.9. The van der Waals surface area contributed by atoms with Crippen molar-refractivity contribution in [2.24, 2.45) is 0 Å². The summed E-state index contributed by atoms with van der Waals surface area (Å²) >= 11 is 0. The van der Waals surface area contributed by atoms with Crippen LogP contribution in [0, 0.1) is 6.92 Å². The van der Waals surface area contributed by atoms with Crippen LogP contribution >= 0.6 is 0 Å². The summed E-state index contributed by atoms with van der Waals surface area (Å²) in [5.41, 5.74) is 2.12. The van der Waals surface area contributed by atoms with Crippen molar-refractivity contribution in [1.29, 1.82) is 0 Å². The van der Waals surface area contributed by atoms with E-state index in [9.17, 15) is 14.4 Å². The Morgan fingerprint density at radius 2 is 2.04 bits per heavy atom. The van der Waals surface area contributed by atoms with Gasteiger partial charge in [0.15, 0.2) is 5.75 Å².